The van der Waals surface area contributed by atoms with Crippen LogP contribution in [-0.4, -0.2) is 27.8 Å². The van der Waals surface area contributed by atoms with E-state index in [9.17, 15) is 4.79 Å². The number of carbonyl (C=O) groups excluding carboxylic acids is 1. The van der Waals surface area contributed by atoms with Gasteiger partial charge in [-0.15, -0.1) is 0 Å². The number of benzene rings is 1. The third kappa shape index (κ3) is 3.33. The summed E-state index contributed by atoms with van der Waals surface area (Å²) in [6.07, 6.45) is 2.16. The molecule has 1 N–H and O–H groups in total. The Labute approximate surface area is 128 Å². The zero-order chi connectivity index (χ0) is 15.4. The molecule has 2 rings (SSSR count). The first-order chi connectivity index (χ1) is 10.1. The minimum Gasteiger partial charge on any atom is -0.496 e. The fraction of sp³-hybridized carbons (Fsp3) is 0.357. The van der Waals surface area contributed by atoms with Gasteiger partial charge in [-0.25, -0.2) is 4.98 Å². The Balaban J connectivity index is 2.24. The van der Waals surface area contributed by atoms with Gasteiger partial charge in [-0.3, -0.25) is 9.48 Å². The molecule has 21 heavy (non-hydrogen) atoms. The second kappa shape index (κ2) is 6.58. The van der Waals surface area contributed by atoms with Gasteiger partial charge < -0.3 is 10.1 Å². The number of hydrogen-bond donors (Lipinski definition) is 1. The van der Waals surface area contributed by atoms with Crippen molar-refractivity contribution in [1.29, 1.82) is 0 Å². The minimum atomic E-state index is -0.260. The standard InChI is InChI=1S/C14H17ClN4O2/c1-4-11(13-16-8-17-19(13)2)18-14(20)10-7-9(15)5-6-12(10)21-3/h5-8,11H,4H2,1-3H3,(H,18,20)/t11-/m1/s1. The van der Waals surface area contributed by atoms with E-state index >= 15 is 0 Å². The molecule has 6 nitrogen and oxygen atoms in total. The summed E-state index contributed by atoms with van der Waals surface area (Å²) in [6.45, 7) is 1.97. The maximum Gasteiger partial charge on any atom is 0.255 e. The predicted molar refractivity (Wildman–Crippen MR) is 79.5 cm³/mol. The monoisotopic (exact) mass is 308 g/mol. The van der Waals surface area contributed by atoms with E-state index in [1.807, 2.05) is 6.92 Å². The first-order valence-electron chi connectivity index (χ1n) is 6.55. The number of ether oxygens (including phenoxy) is 1. The van der Waals surface area contributed by atoms with Crippen LogP contribution in [0.1, 0.15) is 35.6 Å². The number of aryl methyl sites for hydroxylation is 1. The van der Waals surface area contributed by atoms with Gasteiger partial charge in [-0.1, -0.05) is 18.5 Å². The van der Waals surface area contributed by atoms with E-state index in [4.69, 9.17) is 16.3 Å². The molecule has 0 fully saturated rings. The van der Waals surface area contributed by atoms with Crippen LogP contribution in [0, 0.1) is 0 Å². The Hall–Kier alpha value is -2.08. The molecule has 1 amide bonds. The number of hydrogen-bond acceptors (Lipinski definition) is 4. The van der Waals surface area contributed by atoms with Gasteiger partial charge in [-0.05, 0) is 24.6 Å². The lowest BCUT2D eigenvalue weighted by Crippen LogP contribution is -2.30. The lowest BCUT2D eigenvalue weighted by molar-refractivity contribution is 0.0930. The Kier molecular flexibility index (Phi) is 4.80. The summed E-state index contributed by atoms with van der Waals surface area (Å²) in [4.78, 5) is 16.6. The largest absolute Gasteiger partial charge is 0.496 e. The molecular weight excluding hydrogens is 292 g/mol. The van der Waals surface area contributed by atoms with Crippen molar-refractivity contribution in [3.63, 3.8) is 0 Å². The van der Waals surface area contributed by atoms with E-state index in [1.54, 1.807) is 29.9 Å². The molecule has 2 aromatic rings. The first kappa shape index (κ1) is 15.3. The lowest BCUT2D eigenvalue weighted by atomic mass is 10.1. The van der Waals surface area contributed by atoms with Gasteiger partial charge in [0.15, 0.2) is 0 Å². The summed E-state index contributed by atoms with van der Waals surface area (Å²) in [5.41, 5.74) is 0.394. The molecule has 0 radical (unpaired) electrons. The highest BCUT2D eigenvalue weighted by Crippen LogP contribution is 2.23. The van der Waals surface area contributed by atoms with Crippen LogP contribution in [0.25, 0.3) is 0 Å². The molecule has 1 aromatic heterocycles. The predicted octanol–water partition coefficient (Wildman–Crippen LogP) is 2.36. The molecule has 0 bridgehead atoms. The van der Waals surface area contributed by atoms with Crippen molar-refractivity contribution in [2.24, 2.45) is 7.05 Å². The van der Waals surface area contributed by atoms with E-state index in [0.717, 1.165) is 0 Å². The van der Waals surface area contributed by atoms with Crippen molar-refractivity contribution in [1.82, 2.24) is 20.1 Å². The summed E-state index contributed by atoms with van der Waals surface area (Å²) < 4.78 is 6.84. The fourth-order valence-electron chi connectivity index (χ4n) is 2.06. The molecule has 1 heterocycles. The van der Waals surface area contributed by atoms with Crippen LogP contribution in [0.5, 0.6) is 5.75 Å². The van der Waals surface area contributed by atoms with Crippen LogP contribution in [0.4, 0.5) is 0 Å². The minimum absolute atomic E-state index is 0.228. The lowest BCUT2D eigenvalue weighted by Gasteiger charge is -2.17. The van der Waals surface area contributed by atoms with Crippen molar-refractivity contribution in [2.45, 2.75) is 19.4 Å². The summed E-state index contributed by atoms with van der Waals surface area (Å²) in [5, 5.41) is 7.43. The Morgan fingerprint density at radius 1 is 1.52 bits per heavy atom. The van der Waals surface area contributed by atoms with Crippen molar-refractivity contribution in [3.8, 4) is 5.75 Å². The van der Waals surface area contributed by atoms with Crippen LogP contribution in [0.3, 0.4) is 0 Å². The molecule has 1 aromatic carbocycles. The molecule has 0 spiro atoms. The van der Waals surface area contributed by atoms with Gasteiger partial charge in [0.05, 0.1) is 18.7 Å². The van der Waals surface area contributed by atoms with E-state index in [-0.39, 0.29) is 11.9 Å². The topological polar surface area (TPSA) is 69.0 Å². The van der Waals surface area contributed by atoms with Crippen LogP contribution in [-0.2, 0) is 7.05 Å². The maximum absolute atomic E-state index is 12.4. The number of nitrogens with zero attached hydrogens (tertiary/aromatic N) is 3. The van der Waals surface area contributed by atoms with Crippen LogP contribution in [0.15, 0.2) is 24.5 Å². The van der Waals surface area contributed by atoms with Crippen molar-refractivity contribution < 1.29 is 9.53 Å². The number of nitrogens with one attached hydrogen (secondary N) is 1. The fourth-order valence-corrected chi connectivity index (χ4v) is 2.24. The quantitative estimate of drug-likeness (QED) is 0.920. The maximum atomic E-state index is 12.4. The molecule has 1 atom stereocenters. The highest BCUT2D eigenvalue weighted by molar-refractivity contribution is 6.31. The second-order valence-corrected chi connectivity index (χ2v) is 4.96. The normalized spacial score (nSPS) is 12.0. The van der Waals surface area contributed by atoms with Gasteiger partial charge in [0.25, 0.3) is 5.91 Å². The molecule has 0 unspecified atom stereocenters. The van der Waals surface area contributed by atoms with Crippen LogP contribution < -0.4 is 10.1 Å². The molecule has 112 valence electrons. The summed E-state index contributed by atoms with van der Waals surface area (Å²) in [6, 6.07) is 4.70. The first-order valence-corrected chi connectivity index (χ1v) is 6.93. The van der Waals surface area contributed by atoms with E-state index in [2.05, 4.69) is 15.4 Å². The third-order valence-electron chi connectivity index (χ3n) is 3.18. The number of rotatable bonds is 5. The number of aromatic nitrogens is 3. The number of halogens is 1. The summed E-state index contributed by atoms with van der Waals surface area (Å²) in [5.74, 6) is 0.917. The molecule has 0 saturated carbocycles. The summed E-state index contributed by atoms with van der Waals surface area (Å²) in [7, 11) is 3.30. The molecule has 0 aliphatic carbocycles. The SMILES string of the molecule is CC[C@@H](NC(=O)c1cc(Cl)ccc1OC)c1ncnn1C. The van der Waals surface area contributed by atoms with Crippen molar-refractivity contribution >= 4 is 17.5 Å². The zero-order valence-corrected chi connectivity index (χ0v) is 12.9. The average molecular weight is 309 g/mol. The highest BCUT2D eigenvalue weighted by atomic mass is 35.5. The molecular formula is C14H17ClN4O2. The molecule has 0 saturated heterocycles. The Bertz CT molecular complexity index is 642. The Morgan fingerprint density at radius 3 is 2.86 bits per heavy atom. The van der Waals surface area contributed by atoms with E-state index in [1.165, 1.54) is 13.4 Å². The third-order valence-corrected chi connectivity index (χ3v) is 3.41. The van der Waals surface area contributed by atoms with Crippen LogP contribution >= 0.6 is 11.6 Å². The molecule has 7 heteroatoms. The number of carbonyl (C=O) groups is 1. The smallest absolute Gasteiger partial charge is 0.255 e. The van der Waals surface area contributed by atoms with E-state index < -0.39 is 0 Å². The molecule has 0 aliphatic rings. The van der Waals surface area contributed by atoms with Gasteiger partial charge >= 0.3 is 0 Å². The summed E-state index contributed by atoms with van der Waals surface area (Å²) >= 11 is 5.95. The van der Waals surface area contributed by atoms with E-state index in [0.29, 0.717) is 28.6 Å². The van der Waals surface area contributed by atoms with Gasteiger partial charge in [0.1, 0.15) is 17.9 Å². The van der Waals surface area contributed by atoms with Crippen molar-refractivity contribution in [3.05, 3.63) is 40.9 Å². The van der Waals surface area contributed by atoms with Gasteiger partial charge in [0.2, 0.25) is 0 Å². The average Bonchev–Trinajstić information content (AvgIpc) is 2.90. The zero-order valence-electron chi connectivity index (χ0n) is 12.1. The van der Waals surface area contributed by atoms with Gasteiger partial charge in [-0.2, -0.15) is 5.10 Å². The van der Waals surface area contributed by atoms with Crippen molar-refractivity contribution in [2.75, 3.05) is 7.11 Å². The highest BCUT2D eigenvalue weighted by Gasteiger charge is 2.20. The second-order valence-electron chi connectivity index (χ2n) is 4.52. The number of amides is 1. The number of methoxy groups -OCH3 is 1. The molecule has 0 aliphatic heterocycles. The Morgan fingerprint density at radius 2 is 2.29 bits per heavy atom. The van der Waals surface area contributed by atoms with Gasteiger partial charge in [0, 0.05) is 12.1 Å². The van der Waals surface area contributed by atoms with Crippen LogP contribution in [0.2, 0.25) is 5.02 Å².